The number of hydrogen-bond donors (Lipinski definition) is 2. The van der Waals surface area contributed by atoms with Gasteiger partial charge in [-0.15, -0.1) is 0 Å². The smallest absolute Gasteiger partial charge is 0.254 e. The van der Waals surface area contributed by atoms with Gasteiger partial charge < -0.3 is 15.4 Å². The lowest BCUT2D eigenvalue weighted by molar-refractivity contribution is -0.124. The number of ether oxygens (including phenoxy) is 1. The van der Waals surface area contributed by atoms with Crippen LogP contribution in [0.4, 0.5) is 4.39 Å². The predicted molar refractivity (Wildman–Crippen MR) is 111 cm³/mol. The number of pyridine rings is 1. The van der Waals surface area contributed by atoms with Gasteiger partial charge in [-0.2, -0.15) is 0 Å². The van der Waals surface area contributed by atoms with Gasteiger partial charge in [-0.05, 0) is 55.4 Å². The Bertz CT molecular complexity index is 882. The first-order valence-electron chi connectivity index (χ1n) is 10.4. The molecule has 2 aromatic rings. The molecule has 1 atom stereocenters. The van der Waals surface area contributed by atoms with Gasteiger partial charge in [0.25, 0.3) is 5.91 Å². The minimum absolute atomic E-state index is 0.0845. The molecule has 6 nitrogen and oxygen atoms in total. The predicted octanol–water partition coefficient (Wildman–Crippen LogP) is 3.61. The number of halogens is 1. The van der Waals surface area contributed by atoms with Crippen molar-refractivity contribution in [2.24, 2.45) is 5.92 Å². The highest BCUT2D eigenvalue weighted by Gasteiger charge is 2.25. The lowest BCUT2D eigenvalue weighted by Gasteiger charge is -2.22. The molecule has 30 heavy (non-hydrogen) atoms. The maximum atomic E-state index is 13.9. The van der Waals surface area contributed by atoms with Crippen LogP contribution in [0.1, 0.15) is 55.5 Å². The first kappa shape index (κ1) is 21.7. The molecule has 1 heterocycles. The van der Waals surface area contributed by atoms with Crippen LogP contribution in [0.3, 0.4) is 0 Å². The molecular formula is C23H28FN3O3. The van der Waals surface area contributed by atoms with Crippen molar-refractivity contribution in [3.63, 3.8) is 0 Å². The number of nitrogens with one attached hydrogen (secondary N) is 2. The summed E-state index contributed by atoms with van der Waals surface area (Å²) >= 11 is 0. The second-order valence-corrected chi connectivity index (χ2v) is 7.92. The third kappa shape index (κ3) is 5.78. The molecule has 3 rings (SSSR count). The van der Waals surface area contributed by atoms with Gasteiger partial charge >= 0.3 is 0 Å². The van der Waals surface area contributed by atoms with Crippen LogP contribution in [-0.2, 0) is 11.3 Å². The lowest BCUT2D eigenvalue weighted by atomic mass is 10.0. The second kappa shape index (κ2) is 10.2. The van der Waals surface area contributed by atoms with Crippen molar-refractivity contribution in [3.8, 4) is 5.88 Å². The van der Waals surface area contributed by atoms with Gasteiger partial charge in [-0.3, -0.25) is 9.59 Å². The van der Waals surface area contributed by atoms with Gasteiger partial charge in [-0.1, -0.05) is 26.0 Å². The van der Waals surface area contributed by atoms with Crippen molar-refractivity contribution in [2.45, 2.75) is 58.2 Å². The Kier molecular flexibility index (Phi) is 7.38. The van der Waals surface area contributed by atoms with E-state index in [4.69, 9.17) is 4.74 Å². The van der Waals surface area contributed by atoms with E-state index in [2.05, 4.69) is 15.6 Å². The van der Waals surface area contributed by atoms with E-state index in [0.717, 1.165) is 18.4 Å². The van der Waals surface area contributed by atoms with E-state index in [1.54, 1.807) is 12.3 Å². The van der Waals surface area contributed by atoms with Crippen LogP contribution in [0.5, 0.6) is 5.88 Å². The average molecular weight is 413 g/mol. The fourth-order valence-corrected chi connectivity index (χ4v) is 3.50. The summed E-state index contributed by atoms with van der Waals surface area (Å²) in [6.07, 6.45) is 6.30. The Morgan fingerprint density at radius 1 is 1.20 bits per heavy atom. The number of nitrogens with zero attached hydrogens (tertiary/aromatic N) is 1. The fourth-order valence-electron chi connectivity index (χ4n) is 3.50. The maximum absolute atomic E-state index is 13.9. The molecule has 0 spiro atoms. The number of aromatic nitrogens is 1. The summed E-state index contributed by atoms with van der Waals surface area (Å²) in [5.74, 6) is -1.17. The Hall–Kier alpha value is -2.96. The molecule has 1 aliphatic rings. The number of benzene rings is 1. The van der Waals surface area contributed by atoms with Crippen molar-refractivity contribution < 1.29 is 18.7 Å². The summed E-state index contributed by atoms with van der Waals surface area (Å²) in [6.45, 7) is 3.93. The molecule has 0 radical (unpaired) electrons. The number of carbonyl (C=O) groups excluding carboxylic acids is 2. The Labute approximate surface area is 176 Å². The summed E-state index contributed by atoms with van der Waals surface area (Å²) < 4.78 is 19.8. The molecule has 7 heteroatoms. The zero-order valence-electron chi connectivity index (χ0n) is 17.4. The summed E-state index contributed by atoms with van der Waals surface area (Å²) in [5, 5.41) is 5.48. The lowest BCUT2D eigenvalue weighted by Crippen LogP contribution is -2.49. The number of carbonyl (C=O) groups is 2. The monoisotopic (exact) mass is 413 g/mol. The van der Waals surface area contributed by atoms with E-state index in [0.29, 0.717) is 5.88 Å². The molecule has 1 unspecified atom stereocenters. The highest BCUT2D eigenvalue weighted by molar-refractivity contribution is 5.97. The van der Waals surface area contributed by atoms with Crippen LogP contribution in [0.2, 0.25) is 0 Å². The van der Waals surface area contributed by atoms with Crippen LogP contribution in [0, 0.1) is 11.7 Å². The minimum Gasteiger partial charge on any atom is -0.474 e. The summed E-state index contributed by atoms with van der Waals surface area (Å²) in [4.78, 5) is 29.4. The average Bonchev–Trinajstić information content (AvgIpc) is 3.23. The maximum Gasteiger partial charge on any atom is 0.254 e. The van der Waals surface area contributed by atoms with Gasteiger partial charge in [0.05, 0.1) is 5.56 Å². The van der Waals surface area contributed by atoms with Crippen molar-refractivity contribution in [3.05, 3.63) is 59.5 Å². The standard InChI is InChI=1S/C23H28FN3O3/c1-15(2)21(27-22(28)18-9-5-6-10-19(18)24)23(29)26-14-16-11-12-25-20(13-16)30-17-7-3-4-8-17/h5-6,9-13,15,17,21H,3-4,7-8,14H2,1-2H3,(H,26,29)(H,27,28). The van der Waals surface area contributed by atoms with Crippen LogP contribution in [-0.4, -0.2) is 28.9 Å². The number of rotatable bonds is 8. The third-order valence-corrected chi connectivity index (χ3v) is 5.21. The zero-order chi connectivity index (χ0) is 21.5. The summed E-state index contributed by atoms with van der Waals surface area (Å²) in [5.41, 5.74) is 0.771. The van der Waals surface area contributed by atoms with Crippen molar-refractivity contribution in [2.75, 3.05) is 0 Å². The van der Waals surface area contributed by atoms with E-state index in [1.165, 1.54) is 31.0 Å². The van der Waals surface area contributed by atoms with Gasteiger partial charge in [0.1, 0.15) is 18.0 Å². The molecule has 2 amide bonds. The SMILES string of the molecule is CC(C)C(NC(=O)c1ccccc1F)C(=O)NCc1ccnc(OC2CCCC2)c1. The Morgan fingerprint density at radius 3 is 2.63 bits per heavy atom. The topological polar surface area (TPSA) is 80.3 Å². The van der Waals surface area contributed by atoms with Crippen LogP contribution < -0.4 is 15.4 Å². The molecule has 160 valence electrons. The van der Waals surface area contributed by atoms with Gasteiger partial charge in [-0.25, -0.2) is 9.37 Å². The number of hydrogen-bond acceptors (Lipinski definition) is 4. The Balaban J connectivity index is 1.59. The first-order chi connectivity index (χ1) is 14.4. The fraction of sp³-hybridized carbons (Fsp3) is 0.435. The molecule has 2 N–H and O–H groups in total. The van der Waals surface area contributed by atoms with Gasteiger partial charge in [0.2, 0.25) is 11.8 Å². The number of amides is 2. The first-order valence-corrected chi connectivity index (χ1v) is 10.4. The quantitative estimate of drug-likeness (QED) is 0.693. The third-order valence-electron chi connectivity index (χ3n) is 5.21. The summed E-state index contributed by atoms with van der Waals surface area (Å²) in [6, 6.07) is 8.55. The van der Waals surface area contributed by atoms with E-state index in [-0.39, 0.29) is 30.0 Å². The summed E-state index contributed by atoms with van der Waals surface area (Å²) in [7, 11) is 0. The van der Waals surface area contributed by atoms with E-state index < -0.39 is 17.8 Å². The molecule has 1 aromatic carbocycles. The molecule has 0 bridgehead atoms. The van der Waals surface area contributed by atoms with Crippen LogP contribution in [0.15, 0.2) is 42.6 Å². The second-order valence-electron chi connectivity index (χ2n) is 7.92. The molecule has 1 fully saturated rings. The molecule has 0 aliphatic heterocycles. The van der Waals surface area contributed by atoms with Crippen molar-refractivity contribution in [1.82, 2.24) is 15.6 Å². The zero-order valence-corrected chi connectivity index (χ0v) is 17.4. The molecule has 1 saturated carbocycles. The highest BCUT2D eigenvalue weighted by Crippen LogP contribution is 2.23. The van der Waals surface area contributed by atoms with Crippen molar-refractivity contribution in [1.29, 1.82) is 0 Å². The minimum atomic E-state index is -0.784. The molecule has 1 aliphatic carbocycles. The van der Waals surface area contributed by atoms with Crippen LogP contribution in [0.25, 0.3) is 0 Å². The molecular weight excluding hydrogens is 385 g/mol. The van der Waals surface area contributed by atoms with E-state index in [1.807, 2.05) is 26.0 Å². The molecule has 0 saturated heterocycles. The molecule has 1 aromatic heterocycles. The van der Waals surface area contributed by atoms with Crippen molar-refractivity contribution >= 4 is 11.8 Å². The normalized spacial score (nSPS) is 15.1. The van der Waals surface area contributed by atoms with E-state index in [9.17, 15) is 14.0 Å². The largest absolute Gasteiger partial charge is 0.474 e. The highest BCUT2D eigenvalue weighted by atomic mass is 19.1. The van der Waals surface area contributed by atoms with E-state index >= 15 is 0 Å². The van der Waals surface area contributed by atoms with Crippen LogP contribution >= 0.6 is 0 Å². The van der Waals surface area contributed by atoms with Gasteiger partial charge in [0, 0.05) is 18.8 Å². The van der Waals surface area contributed by atoms with Gasteiger partial charge in [0.15, 0.2) is 0 Å². The Morgan fingerprint density at radius 2 is 1.93 bits per heavy atom.